The Morgan fingerprint density at radius 2 is 2.09 bits per heavy atom. The van der Waals surface area contributed by atoms with E-state index < -0.39 is 0 Å². The van der Waals surface area contributed by atoms with Crippen molar-refractivity contribution in [3.05, 3.63) is 0 Å². The van der Waals surface area contributed by atoms with Crippen LogP contribution in [0.2, 0.25) is 0 Å². The Morgan fingerprint density at radius 3 is 2.45 bits per heavy atom. The molecule has 0 aromatic heterocycles. The van der Waals surface area contributed by atoms with Gasteiger partial charge in [-0.3, -0.25) is 0 Å². The Kier molecular flexibility index (Phi) is 2.96. The van der Waals surface area contributed by atoms with E-state index in [9.17, 15) is 0 Å². The third-order valence-corrected chi connectivity index (χ3v) is 2.04. The summed E-state index contributed by atoms with van der Waals surface area (Å²) in [4.78, 5) is 0. The van der Waals surface area contributed by atoms with Gasteiger partial charge in [0.2, 0.25) is 0 Å². The van der Waals surface area contributed by atoms with E-state index in [1.807, 2.05) is 6.21 Å². The van der Waals surface area contributed by atoms with Crippen LogP contribution in [0.1, 0.15) is 20.8 Å². The second-order valence-electron chi connectivity index (χ2n) is 3.76. The van der Waals surface area contributed by atoms with Crippen LogP contribution in [0.5, 0.6) is 0 Å². The topological polar surface area (TPSA) is 21.6 Å². The molecule has 0 aliphatic carbocycles. The van der Waals surface area contributed by atoms with Gasteiger partial charge in [-0.2, -0.15) is 0 Å². The summed E-state index contributed by atoms with van der Waals surface area (Å²) in [6.07, 6.45) is 2.00. The zero-order valence-corrected chi connectivity index (χ0v) is 8.15. The predicted octanol–water partition coefficient (Wildman–Crippen LogP) is 2.15. The highest BCUT2D eigenvalue weighted by Gasteiger charge is 2.16. The van der Waals surface area contributed by atoms with Crippen molar-refractivity contribution in [2.45, 2.75) is 25.5 Å². The Balaban J connectivity index is 2.14. The Bertz CT molecular complexity index is 147. The van der Waals surface area contributed by atoms with E-state index in [-0.39, 0.29) is 4.75 Å². The lowest BCUT2D eigenvalue weighted by atomic mass is 10.1. The molecule has 0 saturated carbocycles. The van der Waals surface area contributed by atoms with E-state index in [0.717, 1.165) is 13.2 Å². The lowest BCUT2D eigenvalue weighted by molar-refractivity contribution is 0.00422. The van der Waals surface area contributed by atoms with Crippen LogP contribution in [-0.4, -0.2) is 24.2 Å². The highest BCUT2D eigenvalue weighted by Crippen LogP contribution is 2.24. The monoisotopic (exact) mass is 173 g/mol. The average Bonchev–Trinajstić information content (AvgIpc) is 1.73. The molecule has 0 N–H and O–H groups in total. The van der Waals surface area contributed by atoms with Gasteiger partial charge in [-0.15, -0.1) is 0 Å². The van der Waals surface area contributed by atoms with Gasteiger partial charge < -0.3 is 4.74 Å². The molecule has 0 aromatic carbocycles. The zero-order chi connectivity index (χ0) is 8.32. The van der Waals surface area contributed by atoms with Crippen LogP contribution in [0, 0.1) is 5.92 Å². The van der Waals surface area contributed by atoms with Crippen molar-refractivity contribution in [1.82, 2.24) is 0 Å². The maximum Gasteiger partial charge on any atom is 0.0566 e. The summed E-state index contributed by atoms with van der Waals surface area (Å²) in [7, 11) is 0. The first-order valence-corrected chi connectivity index (χ1v) is 4.65. The lowest BCUT2D eigenvalue weighted by Crippen LogP contribution is -2.28. The molecule has 11 heavy (non-hydrogen) atoms. The van der Waals surface area contributed by atoms with Crippen molar-refractivity contribution >= 4 is 18.2 Å². The van der Waals surface area contributed by atoms with Gasteiger partial charge in [0.15, 0.2) is 0 Å². The number of ether oxygens (including phenoxy) is 1. The van der Waals surface area contributed by atoms with Crippen LogP contribution < -0.4 is 0 Å². The highest BCUT2D eigenvalue weighted by atomic mass is 32.2. The maximum atomic E-state index is 5.02. The molecule has 0 bridgehead atoms. The minimum absolute atomic E-state index is 0.237. The summed E-state index contributed by atoms with van der Waals surface area (Å²) in [5.74, 6) is 0.574. The van der Waals surface area contributed by atoms with E-state index in [2.05, 4.69) is 25.2 Å². The fraction of sp³-hybridized carbons (Fsp3) is 0.875. The molecule has 64 valence electrons. The fourth-order valence-corrected chi connectivity index (χ4v) is 1.16. The van der Waals surface area contributed by atoms with Gasteiger partial charge in [-0.1, -0.05) is 0 Å². The maximum absolute atomic E-state index is 5.02. The summed E-state index contributed by atoms with van der Waals surface area (Å²) >= 11 is 1.63. The normalized spacial score (nSPS) is 20.6. The molecule has 1 aliphatic heterocycles. The molecule has 0 unspecified atom stereocenters. The van der Waals surface area contributed by atoms with Crippen LogP contribution >= 0.6 is 11.9 Å². The number of hydrogen-bond acceptors (Lipinski definition) is 3. The molecular formula is C8H15NOS. The third kappa shape index (κ3) is 3.77. The van der Waals surface area contributed by atoms with Gasteiger partial charge in [0, 0.05) is 16.9 Å². The summed E-state index contributed by atoms with van der Waals surface area (Å²) in [6.45, 7) is 8.19. The molecule has 1 heterocycles. The second-order valence-corrected chi connectivity index (χ2v) is 5.37. The smallest absolute Gasteiger partial charge is 0.0566 e. The molecule has 1 aliphatic rings. The summed E-state index contributed by atoms with van der Waals surface area (Å²) in [6, 6.07) is 0. The average molecular weight is 173 g/mol. The first kappa shape index (κ1) is 9.07. The molecule has 1 fully saturated rings. The van der Waals surface area contributed by atoms with Gasteiger partial charge in [0.25, 0.3) is 0 Å². The molecule has 1 saturated heterocycles. The van der Waals surface area contributed by atoms with Crippen molar-refractivity contribution in [2.75, 3.05) is 13.2 Å². The van der Waals surface area contributed by atoms with Gasteiger partial charge in [0.1, 0.15) is 0 Å². The lowest BCUT2D eigenvalue weighted by Gasteiger charge is -2.22. The summed E-state index contributed by atoms with van der Waals surface area (Å²) in [5.41, 5.74) is 0. The first-order chi connectivity index (χ1) is 5.08. The second kappa shape index (κ2) is 3.59. The first-order valence-electron chi connectivity index (χ1n) is 3.87. The third-order valence-electron chi connectivity index (χ3n) is 1.26. The summed E-state index contributed by atoms with van der Waals surface area (Å²) < 4.78 is 9.53. The van der Waals surface area contributed by atoms with Gasteiger partial charge in [-0.25, -0.2) is 4.40 Å². The standard InChI is InChI=1S/C8H15NOS/c1-8(2,3)11-9-4-7-5-10-6-7/h4,7H,5-6H2,1-3H3/b9-4+. The van der Waals surface area contributed by atoms with Crippen molar-refractivity contribution in [3.63, 3.8) is 0 Å². The highest BCUT2D eigenvalue weighted by molar-refractivity contribution is 7.99. The number of nitrogens with zero attached hydrogens (tertiary/aromatic N) is 1. The van der Waals surface area contributed by atoms with Crippen LogP contribution in [-0.2, 0) is 4.74 Å². The van der Waals surface area contributed by atoms with Gasteiger partial charge >= 0.3 is 0 Å². The van der Waals surface area contributed by atoms with Crippen LogP contribution in [0.25, 0.3) is 0 Å². The molecule has 1 rings (SSSR count). The van der Waals surface area contributed by atoms with Crippen LogP contribution in [0.15, 0.2) is 4.40 Å². The van der Waals surface area contributed by atoms with E-state index in [0.29, 0.717) is 5.92 Å². The molecule has 3 heteroatoms. The minimum Gasteiger partial charge on any atom is -0.380 e. The SMILES string of the molecule is CC(C)(C)S/N=C/C1COC1. The Labute approximate surface area is 72.6 Å². The van der Waals surface area contributed by atoms with E-state index in [4.69, 9.17) is 4.74 Å². The quantitative estimate of drug-likeness (QED) is 0.471. The number of rotatable bonds is 2. The van der Waals surface area contributed by atoms with Crippen molar-refractivity contribution in [3.8, 4) is 0 Å². The molecule has 0 radical (unpaired) electrons. The summed E-state index contributed by atoms with van der Waals surface area (Å²) in [5, 5.41) is 0. The van der Waals surface area contributed by atoms with Gasteiger partial charge in [0.05, 0.1) is 13.2 Å². The Morgan fingerprint density at radius 1 is 1.45 bits per heavy atom. The van der Waals surface area contributed by atoms with E-state index >= 15 is 0 Å². The van der Waals surface area contributed by atoms with E-state index in [1.165, 1.54) is 0 Å². The van der Waals surface area contributed by atoms with Crippen LogP contribution in [0.4, 0.5) is 0 Å². The number of hydrogen-bond donors (Lipinski definition) is 0. The molecule has 0 spiro atoms. The molecule has 0 aromatic rings. The van der Waals surface area contributed by atoms with E-state index in [1.54, 1.807) is 11.9 Å². The molecule has 2 nitrogen and oxygen atoms in total. The van der Waals surface area contributed by atoms with Crippen molar-refractivity contribution in [2.24, 2.45) is 10.3 Å². The molecule has 0 atom stereocenters. The largest absolute Gasteiger partial charge is 0.380 e. The van der Waals surface area contributed by atoms with Crippen molar-refractivity contribution in [1.29, 1.82) is 0 Å². The Hall–Kier alpha value is -0.0200. The molecule has 0 amide bonds. The van der Waals surface area contributed by atoms with Crippen molar-refractivity contribution < 1.29 is 4.74 Å². The van der Waals surface area contributed by atoms with Crippen LogP contribution in [0.3, 0.4) is 0 Å². The minimum atomic E-state index is 0.237. The van der Waals surface area contributed by atoms with Gasteiger partial charge in [-0.05, 0) is 32.7 Å². The molecular weight excluding hydrogens is 158 g/mol. The predicted molar refractivity (Wildman–Crippen MR) is 50.1 cm³/mol. The zero-order valence-electron chi connectivity index (χ0n) is 7.33. The fourth-order valence-electron chi connectivity index (χ4n) is 0.615.